The van der Waals surface area contributed by atoms with Crippen LogP contribution in [0.25, 0.3) is 0 Å². The fourth-order valence-corrected chi connectivity index (χ4v) is 2.53. The third-order valence-electron chi connectivity index (χ3n) is 3.95. The molecule has 146 valence electrons. The molecular weight excluding hydrogens is 373 g/mol. The van der Waals surface area contributed by atoms with Crippen LogP contribution in [0.1, 0.15) is 16.1 Å². The van der Waals surface area contributed by atoms with Crippen LogP contribution in [0.3, 0.4) is 0 Å². The molecule has 0 unspecified atom stereocenters. The normalized spacial score (nSPS) is 11.2. The van der Waals surface area contributed by atoms with Crippen LogP contribution in [-0.4, -0.2) is 22.8 Å². The van der Waals surface area contributed by atoms with E-state index in [1.54, 1.807) is 55.6 Å². The molecule has 6 nitrogen and oxygen atoms in total. The van der Waals surface area contributed by atoms with Crippen molar-refractivity contribution in [1.29, 1.82) is 0 Å². The number of carbonyl (C=O) groups is 1. The van der Waals surface area contributed by atoms with Crippen molar-refractivity contribution in [2.45, 2.75) is 6.18 Å². The van der Waals surface area contributed by atoms with Crippen molar-refractivity contribution < 1.29 is 22.7 Å². The van der Waals surface area contributed by atoms with Crippen LogP contribution in [0.2, 0.25) is 0 Å². The van der Waals surface area contributed by atoms with Crippen LogP contribution < -0.4 is 15.4 Å². The minimum atomic E-state index is -4.59. The summed E-state index contributed by atoms with van der Waals surface area (Å²) in [5.74, 6) is 0.0677. The van der Waals surface area contributed by atoms with Gasteiger partial charge in [0.05, 0.1) is 18.4 Å². The minimum Gasteiger partial charge on any atom is -0.497 e. The molecule has 0 atom stereocenters. The highest BCUT2D eigenvalue weighted by atomic mass is 19.4. The van der Waals surface area contributed by atoms with E-state index in [1.807, 2.05) is 0 Å². The first-order valence-corrected chi connectivity index (χ1v) is 8.20. The van der Waals surface area contributed by atoms with E-state index in [4.69, 9.17) is 4.74 Å². The smallest absolute Gasteiger partial charge is 0.435 e. The fraction of sp³-hybridized carbons (Fsp3) is 0.158. The number of anilines is 3. The summed E-state index contributed by atoms with van der Waals surface area (Å²) in [5, 5.41) is 8.97. The van der Waals surface area contributed by atoms with Gasteiger partial charge in [0, 0.05) is 18.8 Å². The van der Waals surface area contributed by atoms with Crippen LogP contribution in [0.15, 0.2) is 54.6 Å². The van der Waals surface area contributed by atoms with Gasteiger partial charge in [0.25, 0.3) is 5.91 Å². The lowest BCUT2D eigenvalue weighted by Crippen LogP contribution is -2.16. The molecule has 0 aliphatic carbocycles. The molecule has 0 bridgehead atoms. The maximum atomic E-state index is 12.8. The molecule has 1 amide bonds. The zero-order chi connectivity index (χ0) is 20.3. The molecule has 9 heteroatoms. The van der Waals surface area contributed by atoms with Gasteiger partial charge in [-0.25, -0.2) is 0 Å². The number of hydrogen-bond acceptors (Lipinski definition) is 4. The van der Waals surface area contributed by atoms with Gasteiger partial charge in [-0.15, -0.1) is 0 Å². The molecule has 28 heavy (non-hydrogen) atoms. The summed E-state index contributed by atoms with van der Waals surface area (Å²) in [6.45, 7) is 0. The Labute approximate surface area is 158 Å². The number of aromatic nitrogens is 2. The predicted octanol–water partition coefficient (Wildman–Crippen LogP) is 4.44. The molecule has 0 aliphatic heterocycles. The van der Waals surface area contributed by atoms with Crippen LogP contribution in [0, 0.1) is 0 Å². The highest BCUT2D eigenvalue weighted by molar-refractivity contribution is 6.08. The summed E-state index contributed by atoms with van der Waals surface area (Å²) in [6.07, 6.45) is -4.59. The van der Waals surface area contributed by atoms with Crippen LogP contribution in [0.5, 0.6) is 5.75 Å². The summed E-state index contributed by atoms with van der Waals surface area (Å²) in [7, 11) is 2.89. The number of hydrogen-bond donors (Lipinski definition) is 2. The summed E-state index contributed by atoms with van der Waals surface area (Å²) in [4.78, 5) is 12.6. The van der Waals surface area contributed by atoms with Gasteiger partial charge in [-0.1, -0.05) is 12.1 Å². The number of nitrogens with one attached hydrogen (secondary N) is 2. The Bertz CT molecular complexity index is 982. The second kappa shape index (κ2) is 7.63. The third kappa shape index (κ3) is 4.25. The van der Waals surface area contributed by atoms with Crippen molar-refractivity contribution >= 4 is 23.1 Å². The monoisotopic (exact) mass is 390 g/mol. The number of carbonyl (C=O) groups excluding carboxylic acids is 1. The standard InChI is InChI=1S/C19H17F3N4O2/c1-26-17(11-16(25-26)19(20,21)22)24-18(27)14-5-3-4-6-15(14)23-12-7-9-13(28-2)10-8-12/h3-11,23H,1-2H3,(H,24,27). The summed E-state index contributed by atoms with van der Waals surface area (Å²) >= 11 is 0. The van der Waals surface area contributed by atoms with E-state index in [0.717, 1.165) is 16.4 Å². The van der Waals surface area contributed by atoms with E-state index in [1.165, 1.54) is 7.05 Å². The van der Waals surface area contributed by atoms with Crippen molar-refractivity contribution in [2.75, 3.05) is 17.7 Å². The Morgan fingerprint density at radius 3 is 2.39 bits per heavy atom. The second-order valence-electron chi connectivity index (χ2n) is 5.89. The summed E-state index contributed by atoms with van der Waals surface area (Å²) < 4.78 is 44.5. The highest BCUT2D eigenvalue weighted by Crippen LogP contribution is 2.30. The second-order valence-corrected chi connectivity index (χ2v) is 5.89. The van der Waals surface area contributed by atoms with E-state index in [9.17, 15) is 18.0 Å². The van der Waals surface area contributed by atoms with E-state index < -0.39 is 17.8 Å². The Morgan fingerprint density at radius 1 is 1.11 bits per heavy atom. The molecule has 2 aromatic carbocycles. The lowest BCUT2D eigenvalue weighted by Gasteiger charge is -2.12. The first-order valence-electron chi connectivity index (χ1n) is 8.20. The van der Waals surface area contributed by atoms with E-state index in [0.29, 0.717) is 11.4 Å². The molecule has 0 spiro atoms. The molecule has 2 N–H and O–H groups in total. The van der Waals surface area contributed by atoms with E-state index >= 15 is 0 Å². The van der Waals surface area contributed by atoms with Crippen molar-refractivity contribution in [1.82, 2.24) is 9.78 Å². The number of amides is 1. The van der Waals surface area contributed by atoms with Crippen LogP contribution in [0.4, 0.5) is 30.4 Å². The zero-order valence-electron chi connectivity index (χ0n) is 15.0. The first-order chi connectivity index (χ1) is 13.3. The van der Waals surface area contributed by atoms with E-state index in [-0.39, 0.29) is 11.4 Å². The average Bonchev–Trinajstić information content (AvgIpc) is 3.03. The lowest BCUT2D eigenvalue weighted by atomic mass is 10.1. The van der Waals surface area contributed by atoms with Gasteiger partial charge in [-0.2, -0.15) is 18.3 Å². The van der Waals surface area contributed by atoms with Gasteiger partial charge in [0.1, 0.15) is 11.6 Å². The molecule has 0 saturated heterocycles. The number of nitrogens with zero attached hydrogens (tertiary/aromatic N) is 2. The number of para-hydroxylation sites is 1. The summed E-state index contributed by atoms with van der Waals surface area (Å²) in [5.41, 5.74) is 0.423. The molecule has 0 aliphatic rings. The number of methoxy groups -OCH3 is 1. The molecule has 0 fully saturated rings. The quantitative estimate of drug-likeness (QED) is 0.676. The molecule has 3 aromatic rings. The highest BCUT2D eigenvalue weighted by Gasteiger charge is 2.34. The predicted molar refractivity (Wildman–Crippen MR) is 98.9 cm³/mol. The third-order valence-corrected chi connectivity index (χ3v) is 3.95. The van der Waals surface area contributed by atoms with Crippen molar-refractivity contribution in [2.24, 2.45) is 7.05 Å². The van der Waals surface area contributed by atoms with Crippen molar-refractivity contribution in [3.63, 3.8) is 0 Å². The Hall–Kier alpha value is -3.49. The first kappa shape index (κ1) is 19.3. The number of rotatable bonds is 5. The van der Waals surface area contributed by atoms with Crippen LogP contribution in [-0.2, 0) is 13.2 Å². The number of halogens is 3. The fourth-order valence-electron chi connectivity index (χ4n) is 2.53. The molecule has 3 rings (SSSR count). The topological polar surface area (TPSA) is 68.2 Å². The van der Waals surface area contributed by atoms with Crippen LogP contribution >= 0.6 is 0 Å². The number of benzene rings is 2. The van der Waals surface area contributed by atoms with Gasteiger partial charge in [-0.05, 0) is 36.4 Å². The van der Waals surface area contributed by atoms with E-state index in [2.05, 4.69) is 15.7 Å². The summed E-state index contributed by atoms with van der Waals surface area (Å²) in [6, 6.07) is 14.6. The Kier molecular flexibility index (Phi) is 5.25. The van der Waals surface area contributed by atoms with Gasteiger partial charge < -0.3 is 15.4 Å². The zero-order valence-corrected chi connectivity index (χ0v) is 15.0. The number of aryl methyl sites for hydroxylation is 1. The van der Waals surface area contributed by atoms with Gasteiger partial charge in [-0.3, -0.25) is 9.48 Å². The lowest BCUT2D eigenvalue weighted by molar-refractivity contribution is -0.141. The van der Waals surface area contributed by atoms with Crippen molar-refractivity contribution in [3.8, 4) is 5.75 Å². The number of ether oxygens (including phenoxy) is 1. The Morgan fingerprint density at radius 2 is 1.79 bits per heavy atom. The maximum absolute atomic E-state index is 12.8. The minimum absolute atomic E-state index is 0.0587. The molecule has 0 radical (unpaired) electrons. The molecule has 1 aromatic heterocycles. The number of alkyl halides is 3. The molecule has 1 heterocycles. The molecule has 0 saturated carbocycles. The Balaban J connectivity index is 1.82. The van der Waals surface area contributed by atoms with Crippen molar-refractivity contribution in [3.05, 3.63) is 65.9 Å². The van der Waals surface area contributed by atoms with Gasteiger partial charge in [0.15, 0.2) is 5.69 Å². The van der Waals surface area contributed by atoms with Gasteiger partial charge in [0.2, 0.25) is 0 Å². The van der Waals surface area contributed by atoms with Gasteiger partial charge >= 0.3 is 6.18 Å². The molecular formula is C19H17F3N4O2. The maximum Gasteiger partial charge on any atom is 0.435 e. The average molecular weight is 390 g/mol. The SMILES string of the molecule is COc1ccc(Nc2ccccc2C(=O)Nc2cc(C(F)(F)F)nn2C)cc1. The largest absolute Gasteiger partial charge is 0.497 e.